The molecule has 0 aliphatic heterocycles. The van der Waals surface area contributed by atoms with Crippen molar-refractivity contribution in [3.05, 3.63) is 228 Å². The molecule has 0 saturated heterocycles. The first-order valence-electron chi connectivity index (χ1n) is 19.3. The van der Waals surface area contributed by atoms with Gasteiger partial charge in [0, 0.05) is 34.5 Å². The molecule has 8 aromatic rings. The molecular weight excluding hydrogens is 677 g/mol. The highest BCUT2D eigenvalue weighted by molar-refractivity contribution is 6.05. The molecule has 0 N–H and O–H groups in total. The fraction of sp³-hybridized carbons (Fsp3) is 0.0741. The fourth-order valence-corrected chi connectivity index (χ4v) is 7.38. The molecule has 0 saturated carbocycles. The Morgan fingerprint density at radius 2 is 0.696 bits per heavy atom. The summed E-state index contributed by atoms with van der Waals surface area (Å²) in [5, 5.41) is 2.32. The van der Waals surface area contributed by atoms with Gasteiger partial charge in [-0.05, 0) is 110 Å². The number of benzene rings is 8. The van der Waals surface area contributed by atoms with E-state index in [0.717, 1.165) is 33.5 Å². The van der Waals surface area contributed by atoms with Crippen molar-refractivity contribution in [3.63, 3.8) is 0 Å². The van der Waals surface area contributed by atoms with Crippen LogP contribution in [-0.4, -0.2) is 0 Å². The van der Waals surface area contributed by atoms with Crippen molar-refractivity contribution < 1.29 is 0 Å². The van der Waals surface area contributed by atoms with Crippen LogP contribution in [-0.2, 0) is 0 Å². The molecule has 272 valence electrons. The molecule has 0 atom stereocenters. The molecule has 8 rings (SSSR count). The number of anilines is 4. The maximum Gasteiger partial charge on any atom is 0.0535 e. The van der Waals surface area contributed by atoms with Gasteiger partial charge in [-0.2, -0.15) is 0 Å². The van der Waals surface area contributed by atoms with Gasteiger partial charge in [0.1, 0.15) is 0 Å². The van der Waals surface area contributed by atoms with Gasteiger partial charge in [0.25, 0.3) is 0 Å². The van der Waals surface area contributed by atoms with Crippen molar-refractivity contribution in [1.82, 2.24) is 0 Å². The lowest BCUT2D eigenvalue weighted by Crippen LogP contribution is -2.12. The number of hydrogen-bond acceptors (Lipinski definition) is 2. The molecule has 0 radical (unpaired) electrons. The van der Waals surface area contributed by atoms with E-state index in [4.69, 9.17) is 0 Å². The number of nitrogens with zero attached hydrogens (tertiary/aromatic N) is 2. The standard InChI is InChI=1S/C54H46N2/c1-39-19-25-43(26-20-39)51-37-41(3)23-29-45(51)33-35-55(47-13-7-5-8-14-47)53-31-32-54(50-18-12-11-17-49(50)53)56(48-15-9-6-10-16-48)36-34-46-30-24-42(4)38-52(46)44-27-21-40(2)22-28-44/h5-38H,1-4H3/b35-33+,36-34+. The molecule has 2 heteroatoms. The molecule has 8 aromatic carbocycles. The Morgan fingerprint density at radius 3 is 1.09 bits per heavy atom. The Morgan fingerprint density at radius 1 is 0.339 bits per heavy atom. The predicted octanol–water partition coefficient (Wildman–Crippen LogP) is 15.0. The van der Waals surface area contributed by atoms with Gasteiger partial charge >= 0.3 is 0 Å². The van der Waals surface area contributed by atoms with E-state index in [0.29, 0.717) is 0 Å². The zero-order valence-electron chi connectivity index (χ0n) is 32.5. The van der Waals surface area contributed by atoms with Gasteiger partial charge in [-0.1, -0.05) is 168 Å². The molecule has 0 unspecified atom stereocenters. The smallest absolute Gasteiger partial charge is 0.0535 e. The zero-order valence-corrected chi connectivity index (χ0v) is 32.5. The first-order chi connectivity index (χ1) is 27.4. The van der Waals surface area contributed by atoms with Gasteiger partial charge in [-0.25, -0.2) is 0 Å². The van der Waals surface area contributed by atoms with E-state index in [1.807, 2.05) is 0 Å². The summed E-state index contributed by atoms with van der Waals surface area (Å²) in [5.74, 6) is 0. The largest absolute Gasteiger partial charge is 0.317 e. The summed E-state index contributed by atoms with van der Waals surface area (Å²) < 4.78 is 0. The van der Waals surface area contributed by atoms with Crippen LogP contribution in [0.4, 0.5) is 22.7 Å². The molecule has 0 bridgehead atoms. The van der Waals surface area contributed by atoms with E-state index in [2.05, 4.69) is 244 Å². The summed E-state index contributed by atoms with van der Waals surface area (Å²) in [6, 6.07) is 65.6. The Labute approximate surface area is 332 Å². The van der Waals surface area contributed by atoms with E-state index >= 15 is 0 Å². The Bertz CT molecular complexity index is 2470. The lowest BCUT2D eigenvalue weighted by Gasteiger charge is -2.27. The highest BCUT2D eigenvalue weighted by Gasteiger charge is 2.17. The van der Waals surface area contributed by atoms with Crippen LogP contribution in [0.1, 0.15) is 33.4 Å². The van der Waals surface area contributed by atoms with Crippen molar-refractivity contribution >= 4 is 45.7 Å². The summed E-state index contributed by atoms with van der Waals surface area (Å²) in [6.45, 7) is 8.59. The molecule has 0 fully saturated rings. The first kappa shape index (κ1) is 36.1. The van der Waals surface area contributed by atoms with Crippen LogP contribution in [0.3, 0.4) is 0 Å². The van der Waals surface area contributed by atoms with Crippen molar-refractivity contribution in [2.75, 3.05) is 9.80 Å². The Hall–Kier alpha value is -6.90. The number of fused-ring (bicyclic) bond motifs is 1. The molecule has 0 heterocycles. The molecule has 0 amide bonds. The topological polar surface area (TPSA) is 6.48 Å². The van der Waals surface area contributed by atoms with E-state index in [-0.39, 0.29) is 0 Å². The van der Waals surface area contributed by atoms with Crippen LogP contribution in [0.5, 0.6) is 0 Å². The van der Waals surface area contributed by atoms with E-state index in [1.165, 1.54) is 55.6 Å². The van der Waals surface area contributed by atoms with Gasteiger partial charge in [0.05, 0.1) is 11.4 Å². The maximum absolute atomic E-state index is 2.31. The molecule has 2 nitrogen and oxygen atoms in total. The number of hydrogen-bond donors (Lipinski definition) is 0. The second kappa shape index (κ2) is 16.2. The minimum Gasteiger partial charge on any atom is -0.317 e. The third-order valence-electron chi connectivity index (χ3n) is 10.4. The van der Waals surface area contributed by atoms with Crippen molar-refractivity contribution in [2.24, 2.45) is 0 Å². The van der Waals surface area contributed by atoms with E-state index < -0.39 is 0 Å². The predicted molar refractivity (Wildman–Crippen MR) is 242 cm³/mol. The van der Waals surface area contributed by atoms with E-state index in [1.54, 1.807) is 0 Å². The number of para-hydroxylation sites is 2. The zero-order chi connectivity index (χ0) is 38.4. The maximum atomic E-state index is 2.31. The van der Waals surface area contributed by atoms with Crippen LogP contribution in [0.2, 0.25) is 0 Å². The molecular formula is C54H46N2. The first-order valence-corrected chi connectivity index (χ1v) is 19.3. The van der Waals surface area contributed by atoms with Gasteiger partial charge in [0.15, 0.2) is 0 Å². The summed E-state index contributed by atoms with van der Waals surface area (Å²) >= 11 is 0. The minimum absolute atomic E-state index is 1.09. The van der Waals surface area contributed by atoms with Crippen LogP contribution in [0.25, 0.3) is 45.2 Å². The monoisotopic (exact) mass is 722 g/mol. The molecule has 0 spiro atoms. The number of aryl methyl sites for hydroxylation is 4. The lowest BCUT2D eigenvalue weighted by atomic mass is 9.96. The third kappa shape index (κ3) is 7.83. The molecule has 56 heavy (non-hydrogen) atoms. The van der Waals surface area contributed by atoms with Crippen LogP contribution < -0.4 is 9.80 Å². The molecule has 0 aliphatic rings. The Balaban J connectivity index is 1.24. The van der Waals surface area contributed by atoms with Gasteiger partial charge in [-0.15, -0.1) is 0 Å². The fourth-order valence-electron chi connectivity index (χ4n) is 7.38. The van der Waals surface area contributed by atoms with Crippen molar-refractivity contribution in [1.29, 1.82) is 0 Å². The Kier molecular flexibility index (Phi) is 10.5. The highest BCUT2D eigenvalue weighted by atomic mass is 15.1. The SMILES string of the molecule is Cc1ccc(-c2cc(C)ccc2/C=C/N(c2ccccc2)c2ccc(N(/C=C/c3ccc(C)cc3-c3ccc(C)cc3)c3ccccc3)c3ccccc23)cc1. The van der Waals surface area contributed by atoms with Gasteiger partial charge < -0.3 is 9.80 Å². The highest BCUT2D eigenvalue weighted by Crippen LogP contribution is 2.41. The minimum atomic E-state index is 1.09. The van der Waals surface area contributed by atoms with Crippen molar-refractivity contribution in [3.8, 4) is 22.3 Å². The molecule has 0 aromatic heterocycles. The second-order valence-corrected chi connectivity index (χ2v) is 14.6. The van der Waals surface area contributed by atoms with Crippen LogP contribution in [0.15, 0.2) is 194 Å². The molecule has 0 aliphatic carbocycles. The third-order valence-corrected chi connectivity index (χ3v) is 10.4. The van der Waals surface area contributed by atoms with Gasteiger partial charge in [0.2, 0.25) is 0 Å². The van der Waals surface area contributed by atoms with Crippen LogP contribution >= 0.6 is 0 Å². The van der Waals surface area contributed by atoms with Gasteiger partial charge in [-0.3, -0.25) is 0 Å². The average Bonchev–Trinajstić information content (AvgIpc) is 3.23. The summed E-state index contributed by atoms with van der Waals surface area (Å²) in [4.78, 5) is 4.63. The lowest BCUT2D eigenvalue weighted by molar-refractivity contribution is 1.28. The summed E-state index contributed by atoms with van der Waals surface area (Å²) in [6.07, 6.45) is 8.93. The van der Waals surface area contributed by atoms with Crippen molar-refractivity contribution in [2.45, 2.75) is 27.7 Å². The summed E-state index contributed by atoms with van der Waals surface area (Å²) in [5.41, 5.74) is 16.6. The number of rotatable bonds is 10. The second-order valence-electron chi connectivity index (χ2n) is 14.6. The quantitative estimate of drug-likeness (QED) is 0.139. The van der Waals surface area contributed by atoms with E-state index in [9.17, 15) is 0 Å². The average molecular weight is 723 g/mol. The normalized spacial score (nSPS) is 11.4. The summed E-state index contributed by atoms with van der Waals surface area (Å²) in [7, 11) is 0. The van der Waals surface area contributed by atoms with Crippen LogP contribution in [0, 0.1) is 27.7 Å².